The number of nitrogens with one attached hydrogen (secondary N) is 2. The number of carboxylic acid groups (broad SMARTS) is 1. The maximum Gasteiger partial charge on any atom is 0.292 e. The average molecular weight is 779 g/mol. The average Bonchev–Trinajstić information content (AvgIpc) is 3.95. The number of fused-ring (bicyclic) bond motifs is 1. The molecule has 0 aromatic carbocycles. The predicted molar refractivity (Wildman–Crippen MR) is 191 cm³/mol. The van der Waals surface area contributed by atoms with Crippen LogP contribution in [0.2, 0.25) is 0 Å². The summed E-state index contributed by atoms with van der Waals surface area (Å²) in [6.45, 7) is 2.50. The van der Waals surface area contributed by atoms with Gasteiger partial charge in [-0.2, -0.15) is 4.57 Å². The summed E-state index contributed by atoms with van der Waals surface area (Å²) in [4.78, 5) is 77.8. The number of nitrogens with zero attached hydrogens (tertiary/aromatic N) is 7. The standard InChI is InChI=1S/C33H34N10O7S3/c1-17-38-39-33(53-17)36-23(44)14-41-9-4-5-18(12-41)13-42-10-8-19(28(42)46)11-20-15-51-30-25(29(47)43(30)26(20)31(48)49)37-27(45)24(22-16-52-32(34)35-22)40-50-21-6-2-3-7-21/h4-5,9,11-12,16,21,25,30H,2-3,6-8,10,13-15H2,1H3,(H4-,34,35,36,37,39,44,45,48,49)/t25-,30-/m1/s1. The molecule has 3 fully saturated rings. The topological polar surface area (TPSA) is 229 Å². The van der Waals surface area contributed by atoms with Crippen molar-refractivity contribution >= 4 is 80.0 Å². The number of carboxylic acids is 1. The molecule has 53 heavy (non-hydrogen) atoms. The van der Waals surface area contributed by atoms with Gasteiger partial charge in [-0.05, 0) is 56.7 Å². The van der Waals surface area contributed by atoms with E-state index >= 15 is 0 Å². The number of pyridine rings is 1. The number of hydrogen-bond donors (Lipinski definition) is 3. The second kappa shape index (κ2) is 15.4. The van der Waals surface area contributed by atoms with Crippen LogP contribution in [-0.2, 0) is 41.9 Å². The number of nitrogen functional groups attached to an aromatic ring is 1. The van der Waals surface area contributed by atoms with Gasteiger partial charge in [-0.1, -0.05) is 16.5 Å². The van der Waals surface area contributed by atoms with E-state index in [4.69, 9.17) is 10.6 Å². The molecule has 6 heterocycles. The lowest BCUT2D eigenvalue weighted by molar-refractivity contribution is -0.684. The highest BCUT2D eigenvalue weighted by molar-refractivity contribution is 8.00. The third kappa shape index (κ3) is 7.93. The number of carbonyl (C=O) groups is 5. The van der Waals surface area contributed by atoms with E-state index < -0.39 is 29.2 Å². The van der Waals surface area contributed by atoms with Crippen LogP contribution >= 0.6 is 34.4 Å². The van der Waals surface area contributed by atoms with E-state index in [0.29, 0.717) is 23.7 Å². The van der Waals surface area contributed by atoms with Gasteiger partial charge in [0.25, 0.3) is 17.7 Å². The molecular formula is C33H34N10O7S3. The van der Waals surface area contributed by atoms with Crippen molar-refractivity contribution in [3.05, 3.63) is 69.1 Å². The van der Waals surface area contributed by atoms with Gasteiger partial charge in [-0.15, -0.1) is 33.3 Å². The number of anilines is 2. The first-order valence-corrected chi connectivity index (χ1v) is 19.5. The number of likely N-dealkylation sites (tertiary alicyclic amines) is 1. The maximum absolute atomic E-state index is 13.5. The number of aromatic nitrogens is 4. The number of aliphatic carboxylic acids is 1. The minimum atomic E-state index is -1.56. The highest BCUT2D eigenvalue weighted by Crippen LogP contribution is 2.41. The number of thiazole rings is 1. The van der Waals surface area contributed by atoms with E-state index in [1.54, 1.807) is 40.2 Å². The molecule has 1 aliphatic carbocycles. The molecule has 0 spiro atoms. The Labute approximate surface area is 315 Å². The van der Waals surface area contributed by atoms with Gasteiger partial charge in [0.1, 0.15) is 28.2 Å². The molecule has 0 bridgehead atoms. The van der Waals surface area contributed by atoms with Crippen LogP contribution in [0.5, 0.6) is 0 Å². The van der Waals surface area contributed by atoms with Crippen molar-refractivity contribution in [2.75, 3.05) is 23.3 Å². The molecule has 20 heteroatoms. The van der Waals surface area contributed by atoms with Gasteiger partial charge in [-0.3, -0.25) is 29.4 Å². The van der Waals surface area contributed by atoms with Crippen LogP contribution in [0.3, 0.4) is 0 Å². The van der Waals surface area contributed by atoms with Gasteiger partial charge in [0.15, 0.2) is 23.2 Å². The largest absolute Gasteiger partial charge is 0.543 e. The molecule has 1 saturated carbocycles. The molecule has 17 nitrogen and oxygen atoms in total. The Bertz CT molecular complexity index is 2070. The lowest BCUT2D eigenvalue weighted by atomic mass is 10.0. The summed E-state index contributed by atoms with van der Waals surface area (Å²) >= 11 is 3.67. The Morgan fingerprint density at radius 1 is 1.23 bits per heavy atom. The van der Waals surface area contributed by atoms with Crippen molar-refractivity contribution in [3.63, 3.8) is 0 Å². The van der Waals surface area contributed by atoms with Gasteiger partial charge >= 0.3 is 0 Å². The number of rotatable bonds is 12. The van der Waals surface area contributed by atoms with Crippen molar-refractivity contribution in [1.29, 1.82) is 0 Å². The van der Waals surface area contributed by atoms with E-state index in [-0.39, 0.29) is 64.6 Å². The highest BCUT2D eigenvalue weighted by atomic mass is 32.2. The van der Waals surface area contributed by atoms with Crippen LogP contribution in [0.25, 0.3) is 0 Å². The van der Waals surface area contributed by atoms with Crippen LogP contribution < -0.4 is 26.0 Å². The fourth-order valence-electron chi connectivity index (χ4n) is 6.50. The molecule has 276 valence electrons. The van der Waals surface area contributed by atoms with E-state index in [0.717, 1.165) is 52.5 Å². The fraction of sp³-hybridized carbons (Fsp3) is 0.394. The molecule has 4 aliphatic rings. The zero-order valence-corrected chi connectivity index (χ0v) is 30.8. The summed E-state index contributed by atoms with van der Waals surface area (Å²) in [6.07, 6.45) is 8.92. The van der Waals surface area contributed by atoms with Crippen LogP contribution in [-0.4, -0.2) is 90.1 Å². The molecule has 3 aliphatic heterocycles. The number of nitrogens with two attached hydrogens (primary N) is 1. The number of oxime groups is 1. The molecule has 0 radical (unpaired) electrons. The van der Waals surface area contributed by atoms with Crippen LogP contribution in [0.15, 0.2) is 58.0 Å². The van der Waals surface area contributed by atoms with Crippen molar-refractivity contribution in [3.8, 4) is 0 Å². The molecule has 3 aromatic heterocycles. The highest BCUT2D eigenvalue weighted by Gasteiger charge is 2.53. The van der Waals surface area contributed by atoms with Gasteiger partial charge in [0.05, 0.1) is 18.2 Å². The summed E-state index contributed by atoms with van der Waals surface area (Å²) in [7, 11) is 0. The van der Waals surface area contributed by atoms with Gasteiger partial charge < -0.3 is 30.7 Å². The Morgan fingerprint density at radius 2 is 2.04 bits per heavy atom. The second-order valence-electron chi connectivity index (χ2n) is 12.8. The number of hydrogen-bond acceptors (Lipinski definition) is 15. The first-order chi connectivity index (χ1) is 25.5. The maximum atomic E-state index is 13.5. The van der Waals surface area contributed by atoms with Crippen molar-refractivity contribution in [2.24, 2.45) is 5.16 Å². The molecule has 3 aromatic rings. The molecular weight excluding hydrogens is 745 g/mol. The fourth-order valence-corrected chi connectivity index (χ4v) is 8.96. The predicted octanol–water partition coefficient (Wildman–Crippen LogP) is 0.238. The monoisotopic (exact) mass is 778 g/mol. The van der Waals surface area contributed by atoms with E-state index in [1.165, 1.54) is 29.2 Å². The van der Waals surface area contributed by atoms with Gasteiger partial charge in [0, 0.05) is 34.9 Å². The van der Waals surface area contributed by atoms with Crippen molar-refractivity contribution < 1.29 is 38.5 Å². The van der Waals surface area contributed by atoms with E-state index in [1.807, 2.05) is 6.07 Å². The van der Waals surface area contributed by atoms with Crippen molar-refractivity contribution in [2.45, 2.75) is 69.6 Å². The van der Waals surface area contributed by atoms with Crippen LogP contribution in [0.4, 0.5) is 10.3 Å². The Hall–Kier alpha value is -5.21. The first-order valence-electron chi connectivity index (χ1n) is 16.8. The Balaban J connectivity index is 1.00. The van der Waals surface area contributed by atoms with E-state index in [2.05, 4.69) is 31.0 Å². The third-order valence-electron chi connectivity index (χ3n) is 9.01. The summed E-state index contributed by atoms with van der Waals surface area (Å²) in [5, 5.41) is 32.0. The third-order valence-corrected chi connectivity index (χ3v) is 11.7. The number of amides is 4. The zero-order chi connectivity index (χ0) is 37.2. The molecule has 4 N–H and O–H groups in total. The van der Waals surface area contributed by atoms with Gasteiger partial charge in [0.2, 0.25) is 17.6 Å². The molecule has 7 rings (SSSR count). The molecule has 4 amide bonds. The quantitative estimate of drug-likeness (QED) is 0.0739. The SMILES string of the molecule is Cc1nnc(NC(=O)C[n+]2cccc(CN3CCC(=CC4=C(C(=O)[O-])N5C(=O)[C@@H](NC(=O)C(=NOC6CCCC6)c6csc(N)n6)[C@H]5SC4)C3=O)c2)s1. The van der Waals surface area contributed by atoms with Crippen molar-refractivity contribution in [1.82, 2.24) is 30.3 Å². The first kappa shape index (κ1) is 36.2. The molecule has 2 saturated heterocycles. The smallest absolute Gasteiger partial charge is 0.292 e. The lowest BCUT2D eigenvalue weighted by Crippen LogP contribution is -2.71. The minimum absolute atomic E-state index is 0.0364. The van der Waals surface area contributed by atoms with Crippen LogP contribution in [0, 0.1) is 6.92 Å². The second-order valence-corrected chi connectivity index (χ2v) is 15.9. The Kier molecular flexibility index (Phi) is 10.5. The number of β-lactam (4-membered cyclic amide) rings is 1. The summed E-state index contributed by atoms with van der Waals surface area (Å²) in [5.41, 5.74) is 7.01. The number of allylic oxidation sites excluding steroid dienone is 1. The Morgan fingerprint density at radius 3 is 2.75 bits per heavy atom. The van der Waals surface area contributed by atoms with Crippen LogP contribution in [0.1, 0.15) is 48.4 Å². The summed E-state index contributed by atoms with van der Waals surface area (Å²) in [5.74, 6) is -3.28. The van der Waals surface area contributed by atoms with E-state index in [9.17, 15) is 29.1 Å². The lowest BCUT2D eigenvalue weighted by Gasteiger charge is -2.50. The zero-order valence-electron chi connectivity index (χ0n) is 28.4. The summed E-state index contributed by atoms with van der Waals surface area (Å²) in [6, 6.07) is 2.59. The molecule has 2 atom stereocenters. The normalized spacial score (nSPS) is 21.2. The number of thioether (sulfide) groups is 1. The van der Waals surface area contributed by atoms with Gasteiger partial charge in [-0.25, -0.2) is 4.98 Å². The summed E-state index contributed by atoms with van der Waals surface area (Å²) < 4.78 is 1.70. The number of carbonyl (C=O) groups excluding carboxylic acids is 5. The minimum Gasteiger partial charge on any atom is -0.543 e. The number of aryl methyl sites for hydroxylation is 1. The molecule has 0 unspecified atom stereocenters.